The zero-order valence-corrected chi connectivity index (χ0v) is 15.9. The highest BCUT2D eigenvalue weighted by atomic mass is 35.5. The Kier molecular flexibility index (Phi) is 6.24. The van der Waals surface area contributed by atoms with Crippen molar-refractivity contribution in [3.63, 3.8) is 0 Å². The molecular formula is C21H22ClN3O2. The number of likely N-dealkylation sites (tertiary alicyclic amines) is 1. The molecule has 140 valence electrons. The van der Waals surface area contributed by atoms with Crippen LogP contribution in [0.25, 0.3) is 0 Å². The van der Waals surface area contributed by atoms with Crippen molar-refractivity contribution in [2.24, 2.45) is 11.0 Å². The van der Waals surface area contributed by atoms with Gasteiger partial charge in [-0.3, -0.25) is 9.59 Å². The summed E-state index contributed by atoms with van der Waals surface area (Å²) in [5.74, 6) is -0.337. The average Bonchev–Trinajstić information content (AvgIpc) is 2.69. The molecule has 0 radical (unpaired) electrons. The Bertz CT molecular complexity index is 841. The summed E-state index contributed by atoms with van der Waals surface area (Å²) in [6, 6.07) is 14.9. The highest BCUT2D eigenvalue weighted by Crippen LogP contribution is 2.22. The van der Waals surface area contributed by atoms with Crippen LogP contribution in [0.4, 0.5) is 0 Å². The van der Waals surface area contributed by atoms with Crippen LogP contribution in [0.1, 0.15) is 34.3 Å². The topological polar surface area (TPSA) is 61.8 Å². The molecule has 1 fully saturated rings. The maximum atomic E-state index is 12.6. The Morgan fingerprint density at radius 3 is 2.44 bits per heavy atom. The normalized spacial score (nSPS) is 15.1. The van der Waals surface area contributed by atoms with E-state index >= 15 is 0 Å². The molecule has 0 unspecified atom stereocenters. The number of hydrazone groups is 1. The van der Waals surface area contributed by atoms with Crippen LogP contribution >= 0.6 is 11.6 Å². The molecule has 5 nitrogen and oxygen atoms in total. The minimum absolute atomic E-state index is 0.0862. The van der Waals surface area contributed by atoms with Gasteiger partial charge in [-0.25, -0.2) is 5.43 Å². The van der Waals surface area contributed by atoms with E-state index in [0.29, 0.717) is 36.5 Å². The van der Waals surface area contributed by atoms with Crippen molar-refractivity contribution in [1.82, 2.24) is 10.3 Å². The zero-order valence-electron chi connectivity index (χ0n) is 15.2. The summed E-state index contributed by atoms with van der Waals surface area (Å²) in [5, 5.41) is 4.49. The minimum atomic E-state index is -0.143. The van der Waals surface area contributed by atoms with E-state index in [1.807, 2.05) is 31.2 Å². The van der Waals surface area contributed by atoms with Crippen LogP contribution in [0, 0.1) is 12.8 Å². The molecule has 0 saturated carbocycles. The molecule has 1 aliphatic rings. The maximum absolute atomic E-state index is 12.6. The van der Waals surface area contributed by atoms with Crippen molar-refractivity contribution in [2.45, 2.75) is 19.8 Å². The number of piperidine rings is 1. The van der Waals surface area contributed by atoms with E-state index < -0.39 is 0 Å². The van der Waals surface area contributed by atoms with Crippen LogP contribution < -0.4 is 5.43 Å². The predicted molar refractivity (Wildman–Crippen MR) is 107 cm³/mol. The Balaban J connectivity index is 1.50. The van der Waals surface area contributed by atoms with Gasteiger partial charge < -0.3 is 4.90 Å². The third-order valence-corrected chi connectivity index (χ3v) is 5.05. The molecule has 0 aliphatic carbocycles. The third-order valence-electron chi connectivity index (χ3n) is 4.72. The smallest absolute Gasteiger partial charge is 0.255 e. The molecule has 0 bridgehead atoms. The van der Waals surface area contributed by atoms with Crippen molar-refractivity contribution in [3.8, 4) is 0 Å². The Morgan fingerprint density at radius 2 is 1.78 bits per heavy atom. The van der Waals surface area contributed by atoms with Gasteiger partial charge in [0, 0.05) is 19.0 Å². The number of benzene rings is 2. The molecule has 2 aromatic carbocycles. The van der Waals surface area contributed by atoms with E-state index in [1.54, 1.807) is 35.4 Å². The lowest BCUT2D eigenvalue weighted by Gasteiger charge is -2.31. The summed E-state index contributed by atoms with van der Waals surface area (Å²) >= 11 is 6.11. The van der Waals surface area contributed by atoms with Gasteiger partial charge in [-0.15, -0.1) is 0 Å². The summed E-state index contributed by atoms with van der Waals surface area (Å²) < 4.78 is 0. The van der Waals surface area contributed by atoms with Crippen LogP contribution in [0.5, 0.6) is 0 Å². The van der Waals surface area contributed by atoms with Gasteiger partial charge in [0.2, 0.25) is 5.91 Å². The minimum Gasteiger partial charge on any atom is -0.339 e. The third kappa shape index (κ3) is 4.95. The van der Waals surface area contributed by atoms with Crippen molar-refractivity contribution in [3.05, 3.63) is 70.2 Å². The second-order valence-electron chi connectivity index (χ2n) is 6.69. The average molecular weight is 384 g/mol. The Labute approximate surface area is 164 Å². The SMILES string of the molecule is Cc1ccc(/C=N\NC(=O)C2CCN(C(=O)c3ccccc3Cl)CC2)cc1. The van der Waals surface area contributed by atoms with E-state index in [9.17, 15) is 9.59 Å². The lowest BCUT2D eigenvalue weighted by molar-refractivity contribution is -0.126. The van der Waals surface area contributed by atoms with E-state index in [1.165, 1.54) is 5.56 Å². The molecule has 1 N–H and O–H groups in total. The van der Waals surface area contributed by atoms with Gasteiger partial charge in [-0.2, -0.15) is 5.10 Å². The first-order valence-electron chi connectivity index (χ1n) is 8.98. The van der Waals surface area contributed by atoms with Crippen LogP contribution in [-0.2, 0) is 4.79 Å². The number of carbonyl (C=O) groups is 2. The van der Waals surface area contributed by atoms with Gasteiger partial charge in [-0.05, 0) is 37.5 Å². The summed E-state index contributed by atoms with van der Waals surface area (Å²) in [5.41, 5.74) is 5.22. The number of amides is 2. The first kappa shape index (κ1) is 19.1. The number of aryl methyl sites for hydroxylation is 1. The summed E-state index contributed by atoms with van der Waals surface area (Å²) in [4.78, 5) is 26.6. The lowest BCUT2D eigenvalue weighted by atomic mass is 9.95. The molecule has 6 heteroatoms. The van der Waals surface area contributed by atoms with E-state index in [4.69, 9.17) is 11.6 Å². The van der Waals surface area contributed by atoms with Crippen LogP contribution in [-0.4, -0.2) is 36.0 Å². The molecule has 1 saturated heterocycles. The molecule has 3 rings (SSSR count). The van der Waals surface area contributed by atoms with Crippen LogP contribution in [0.2, 0.25) is 5.02 Å². The van der Waals surface area contributed by atoms with E-state index in [0.717, 1.165) is 5.56 Å². The fourth-order valence-corrected chi connectivity index (χ4v) is 3.28. The largest absolute Gasteiger partial charge is 0.339 e. The van der Waals surface area contributed by atoms with Gasteiger partial charge in [0.15, 0.2) is 0 Å². The summed E-state index contributed by atoms with van der Waals surface area (Å²) in [7, 11) is 0. The first-order valence-corrected chi connectivity index (χ1v) is 9.36. The fourth-order valence-electron chi connectivity index (χ4n) is 3.06. The van der Waals surface area contributed by atoms with Gasteiger partial charge in [-0.1, -0.05) is 53.6 Å². The molecule has 0 aromatic heterocycles. The van der Waals surface area contributed by atoms with Crippen molar-refractivity contribution >= 4 is 29.6 Å². The second kappa shape index (κ2) is 8.82. The number of carbonyl (C=O) groups excluding carboxylic acids is 2. The zero-order chi connectivity index (χ0) is 19.2. The van der Waals surface area contributed by atoms with Crippen LogP contribution in [0.15, 0.2) is 53.6 Å². The summed E-state index contributed by atoms with van der Waals surface area (Å²) in [6.45, 7) is 3.08. The lowest BCUT2D eigenvalue weighted by Crippen LogP contribution is -2.42. The number of halogens is 1. The number of nitrogens with zero attached hydrogens (tertiary/aromatic N) is 2. The molecule has 0 spiro atoms. The highest BCUT2D eigenvalue weighted by molar-refractivity contribution is 6.33. The van der Waals surface area contributed by atoms with Crippen LogP contribution in [0.3, 0.4) is 0 Å². The number of hydrogen-bond donors (Lipinski definition) is 1. The fraction of sp³-hybridized carbons (Fsp3) is 0.286. The predicted octanol–water partition coefficient (Wildman–Crippen LogP) is 3.65. The molecular weight excluding hydrogens is 362 g/mol. The van der Waals surface area contributed by atoms with Gasteiger partial charge in [0.1, 0.15) is 0 Å². The molecule has 2 amide bonds. The van der Waals surface area contributed by atoms with Gasteiger partial charge >= 0.3 is 0 Å². The first-order chi connectivity index (χ1) is 13.0. The van der Waals surface area contributed by atoms with E-state index in [-0.39, 0.29) is 17.7 Å². The monoisotopic (exact) mass is 383 g/mol. The molecule has 1 heterocycles. The number of rotatable bonds is 4. The standard InChI is InChI=1S/C21H22ClN3O2/c1-15-6-8-16(9-7-15)14-23-24-20(26)17-10-12-25(13-11-17)21(27)18-4-2-3-5-19(18)22/h2-9,14,17H,10-13H2,1H3,(H,24,26)/b23-14-. The van der Waals surface area contributed by atoms with Crippen molar-refractivity contribution in [1.29, 1.82) is 0 Å². The number of hydrogen-bond acceptors (Lipinski definition) is 3. The maximum Gasteiger partial charge on any atom is 0.255 e. The van der Waals surface area contributed by atoms with Crippen molar-refractivity contribution < 1.29 is 9.59 Å². The van der Waals surface area contributed by atoms with Gasteiger partial charge in [0.25, 0.3) is 5.91 Å². The molecule has 27 heavy (non-hydrogen) atoms. The summed E-state index contributed by atoms with van der Waals surface area (Å²) in [6.07, 6.45) is 2.86. The molecule has 1 aliphatic heterocycles. The number of nitrogens with one attached hydrogen (secondary N) is 1. The molecule has 2 aromatic rings. The molecule has 0 atom stereocenters. The van der Waals surface area contributed by atoms with Crippen molar-refractivity contribution in [2.75, 3.05) is 13.1 Å². The Hall–Kier alpha value is -2.66. The highest BCUT2D eigenvalue weighted by Gasteiger charge is 2.28. The second-order valence-corrected chi connectivity index (χ2v) is 7.10. The quantitative estimate of drug-likeness (QED) is 0.647. The van der Waals surface area contributed by atoms with E-state index in [2.05, 4.69) is 10.5 Å². The Morgan fingerprint density at radius 1 is 1.11 bits per heavy atom. The van der Waals surface area contributed by atoms with Gasteiger partial charge in [0.05, 0.1) is 16.8 Å².